The summed E-state index contributed by atoms with van der Waals surface area (Å²) in [5.41, 5.74) is 0. The highest BCUT2D eigenvalue weighted by atomic mass is 19.3. The average Bonchev–Trinajstić information content (AvgIpc) is 2.28. The number of alkyl halides is 4. The van der Waals surface area contributed by atoms with Gasteiger partial charge in [0, 0.05) is 12.1 Å². The Morgan fingerprint density at radius 2 is 1.53 bits per heavy atom. The van der Waals surface area contributed by atoms with Crippen LogP contribution in [-0.4, -0.2) is 38.9 Å². The maximum absolute atomic E-state index is 13.3. The van der Waals surface area contributed by atoms with Crippen molar-refractivity contribution in [2.75, 3.05) is 0 Å². The van der Waals surface area contributed by atoms with Gasteiger partial charge in [-0.3, -0.25) is 0 Å². The number of aliphatic carboxylic acids is 1. The number of halogens is 4. The zero-order valence-corrected chi connectivity index (χ0v) is 9.30. The number of nitrogens with zero attached hydrogens (tertiary/aromatic N) is 1. The average molecular weight is 284 g/mol. The Morgan fingerprint density at radius 3 is 1.95 bits per heavy atom. The second-order valence-electron chi connectivity index (χ2n) is 3.82. The van der Waals surface area contributed by atoms with Crippen LogP contribution in [0.3, 0.4) is 0 Å². The van der Waals surface area contributed by atoms with Gasteiger partial charge in [0.15, 0.2) is 12.4 Å². The van der Waals surface area contributed by atoms with Crippen molar-refractivity contribution in [2.45, 2.75) is 24.2 Å². The van der Waals surface area contributed by atoms with Crippen LogP contribution < -0.4 is 4.57 Å². The van der Waals surface area contributed by atoms with E-state index in [1.807, 2.05) is 0 Å². The molecule has 0 aromatic carbocycles. The van der Waals surface area contributed by atoms with E-state index in [-0.39, 0.29) is 0 Å². The summed E-state index contributed by atoms with van der Waals surface area (Å²) in [6.07, 6.45) is 2.24. The van der Waals surface area contributed by atoms with E-state index >= 15 is 0 Å². The summed E-state index contributed by atoms with van der Waals surface area (Å²) in [7, 11) is 0. The molecule has 0 fully saturated rings. The van der Waals surface area contributed by atoms with Gasteiger partial charge in [-0.15, -0.1) is 0 Å². The number of carboxylic acids is 1. The molecule has 0 amide bonds. The number of aliphatic hydroxyl groups is 2. The van der Waals surface area contributed by atoms with E-state index in [1.165, 1.54) is 18.2 Å². The monoisotopic (exact) mass is 284 g/mol. The number of carbonyl (C=O) groups is 1. The minimum atomic E-state index is -5.62. The molecule has 0 spiro atoms. The zero-order chi connectivity index (χ0) is 14.9. The fraction of sp³-hybridized carbons (Fsp3) is 0.400. The molecule has 0 aliphatic carbocycles. The van der Waals surface area contributed by atoms with E-state index in [9.17, 15) is 22.4 Å². The van der Waals surface area contributed by atoms with Crippen molar-refractivity contribution in [3.8, 4) is 0 Å². The molecule has 1 heterocycles. The number of hydrogen-bond acceptors (Lipinski definition) is 3. The van der Waals surface area contributed by atoms with Gasteiger partial charge in [-0.25, -0.2) is 4.79 Å². The van der Waals surface area contributed by atoms with Crippen LogP contribution in [0.4, 0.5) is 17.6 Å². The maximum Gasteiger partial charge on any atom is 0.410 e. The van der Waals surface area contributed by atoms with E-state index in [4.69, 9.17) is 15.3 Å². The molecule has 9 heteroatoms. The zero-order valence-electron chi connectivity index (χ0n) is 9.30. The highest BCUT2D eigenvalue weighted by Gasteiger charge is 2.74. The van der Waals surface area contributed by atoms with Gasteiger partial charge in [-0.2, -0.15) is 22.1 Å². The first-order valence-corrected chi connectivity index (χ1v) is 4.90. The van der Waals surface area contributed by atoms with Crippen molar-refractivity contribution in [1.82, 2.24) is 0 Å². The van der Waals surface area contributed by atoms with Gasteiger partial charge >= 0.3 is 17.8 Å². The first-order chi connectivity index (χ1) is 8.52. The lowest BCUT2D eigenvalue weighted by atomic mass is 10.0. The molecule has 0 unspecified atom stereocenters. The van der Waals surface area contributed by atoms with Crippen molar-refractivity contribution < 1.29 is 42.2 Å². The van der Waals surface area contributed by atoms with Gasteiger partial charge in [-0.1, -0.05) is 6.07 Å². The van der Waals surface area contributed by atoms with Gasteiger partial charge in [0.1, 0.15) is 0 Å². The topological polar surface area (TPSA) is 81.6 Å². The minimum absolute atomic E-state index is 0.797. The van der Waals surface area contributed by atoms with E-state index < -0.39 is 30.1 Å². The molecule has 0 aliphatic heterocycles. The molecule has 0 radical (unpaired) electrons. The Labute approximate surface area is 104 Å². The summed E-state index contributed by atoms with van der Waals surface area (Å²) < 4.78 is 53.0. The molecule has 1 rings (SSSR count). The van der Waals surface area contributed by atoms with Crippen LogP contribution in [0.15, 0.2) is 30.6 Å². The third kappa shape index (κ3) is 2.66. The van der Waals surface area contributed by atoms with Crippen LogP contribution in [0.25, 0.3) is 0 Å². The smallest absolute Gasteiger partial charge is 0.410 e. The molecule has 0 atom stereocenters. The summed E-state index contributed by atoms with van der Waals surface area (Å²) >= 11 is 0. The first kappa shape index (κ1) is 15.3. The molecule has 19 heavy (non-hydrogen) atoms. The minimum Gasteiger partial charge on any atom is -0.477 e. The van der Waals surface area contributed by atoms with Crippen molar-refractivity contribution in [1.29, 1.82) is 0 Å². The molecular weight excluding hydrogens is 274 g/mol. The van der Waals surface area contributed by atoms with Crippen LogP contribution >= 0.6 is 0 Å². The Kier molecular flexibility index (Phi) is 3.82. The molecule has 0 saturated heterocycles. The quantitative estimate of drug-likeness (QED) is 0.404. The third-order valence-corrected chi connectivity index (χ3v) is 2.35. The predicted molar refractivity (Wildman–Crippen MR) is 51.3 cm³/mol. The van der Waals surface area contributed by atoms with Crippen molar-refractivity contribution in [3.05, 3.63) is 30.6 Å². The fourth-order valence-electron chi connectivity index (χ4n) is 1.28. The van der Waals surface area contributed by atoms with Gasteiger partial charge in [0.05, 0.1) is 0 Å². The summed E-state index contributed by atoms with van der Waals surface area (Å²) in [5, 5.41) is 26.3. The van der Waals surface area contributed by atoms with Crippen molar-refractivity contribution in [2.24, 2.45) is 0 Å². The van der Waals surface area contributed by atoms with Crippen LogP contribution in [-0.2, 0) is 11.3 Å². The fourth-order valence-corrected chi connectivity index (χ4v) is 1.28. The van der Waals surface area contributed by atoms with Gasteiger partial charge in [-0.05, 0) is 0 Å². The normalized spacial score (nSPS) is 13.4. The highest BCUT2D eigenvalue weighted by molar-refractivity contribution is 5.77. The standard InChI is InChI=1S/C10H9F4NO4/c11-9(12,7(16)17)10(13,14)8(18,19)6-15-4-2-1-3-5-15/h1-5,18-19H,6H2/p+1. The maximum atomic E-state index is 13.3. The van der Waals surface area contributed by atoms with Crippen molar-refractivity contribution in [3.63, 3.8) is 0 Å². The molecule has 1 aromatic rings. The number of rotatable bonds is 5. The lowest BCUT2D eigenvalue weighted by Gasteiger charge is -2.31. The largest absolute Gasteiger partial charge is 0.477 e. The second-order valence-corrected chi connectivity index (χ2v) is 3.82. The van der Waals surface area contributed by atoms with Gasteiger partial charge in [0.25, 0.3) is 5.79 Å². The Morgan fingerprint density at radius 1 is 1.05 bits per heavy atom. The first-order valence-electron chi connectivity index (χ1n) is 4.90. The second kappa shape index (κ2) is 4.74. The molecule has 3 N–H and O–H groups in total. The summed E-state index contributed by atoms with van der Waals surface area (Å²) in [4.78, 5) is 10.1. The number of aromatic nitrogens is 1. The summed E-state index contributed by atoms with van der Waals surface area (Å²) in [5.74, 6) is -18.6. The van der Waals surface area contributed by atoms with Crippen LogP contribution in [0.2, 0.25) is 0 Å². The Balaban J connectivity index is 3.08. The Bertz CT molecular complexity index is 464. The molecule has 1 aromatic heterocycles. The Hall–Kier alpha value is -1.74. The molecular formula is C10H10F4NO4+. The van der Waals surface area contributed by atoms with Crippen LogP contribution in [0.1, 0.15) is 0 Å². The highest BCUT2D eigenvalue weighted by Crippen LogP contribution is 2.41. The molecule has 5 nitrogen and oxygen atoms in total. The van der Waals surface area contributed by atoms with Gasteiger partial charge < -0.3 is 15.3 Å². The lowest BCUT2D eigenvalue weighted by molar-refractivity contribution is -0.725. The molecule has 0 aliphatic rings. The lowest BCUT2D eigenvalue weighted by Crippen LogP contribution is -2.66. The van der Waals surface area contributed by atoms with E-state index in [1.54, 1.807) is 0 Å². The number of pyridine rings is 1. The van der Waals surface area contributed by atoms with Crippen molar-refractivity contribution >= 4 is 5.97 Å². The van der Waals surface area contributed by atoms with E-state index in [0.717, 1.165) is 17.0 Å². The molecule has 0 saturated carbocycles. The van der Waals surface area contributed by atoms with Gasteiger partial charge in [0.2, 0.25) is 6.54 Å². The number of carboxylic acid groups (broad SMARTS) is 1. The third-order valence-electron chi connectivity index (χ3n) is 2.35. The predicted octanol–water partition coefficient (Wildman–Crippen LogP) is 0.0102. The van der Waals surface area contributed by atoms with Crippen LogP contribution in [0, 0.1) is 0 Å². The van der Waals surface area contributed by atoms with E-state index in [0.29, 0.717) is 0 Å². The van der Waals surface area contributed by atoms with E-state index in [2.05, 4.69) is 0 Å². The molecule has 0 bridgehead atoms. The molecule has 106 valence electrons. The van der Waals surface area contributed by atoms with Crippen LogP contribution in [0.5, 0.6) is 0 Å². The summed E-state index contributed by atoms with van der Waals surface area (Å²) in [6, 6.07) is 4.16. The summed E-state index contributed by atoms with van der Waals surface area (Å²) in [6.45, 7) is -1.33. The number of hydrogen-bond donors (Lipinski definition) is 3. The SMILES string of the molecule is O=C(O)C(F)(F)C(F)(F)C(O)(O)C[n+]1ccccc1.